The van der Waals surface area contributed by atoms with Crippen molar-refractivity contribution in [3.63, 3.8) is 0 Å². The minimum atomic E-state index is -0.602. The summed E-state index contributed by atoms with van der Waals surface area (Å²) in [6.07, 6.45) is 2.69. The standard InChI is InChI=1S/C27H26N2O3/c1-17(2)27(31)29-22-12-7-6-11-20(22)28-21-15-19(18-9-4-3-5-10-18)16-23(30)25(21)26(29)24-13-8-14-32-24/h3-14,17,19,26,28H,15-16H2,1-2H3. The van der Waals surface area contributed by atoms with Crippen LogP contribution < -0.4 is 10.2 Å². The molecular formula is C27H26N2O3. The van der Waals surface area contributed by atoms with Gasteiger partial charge < -0.3 is 9.73 Å². The maximum atomic E-state index is 13.7. The highest BCUT2D eigenvalue weighted by molar-refractivity contribution is 6.06. The fourth-order valence-electron chi connectivity index (χ4n) is 4.79. The molecule has 0 bridgehead atoms. The van der Waals surface area contributed by atoms with Gasteiger partial charge in [-0.3, -0.25) is 14.5 Å². The van der Waals surface area contributed by atoms with Crippen LogP contribution in [0.15, 0.2) is 88.7 Å². The van der Waals surface area contributed by atoms with E-state index in [1.165, 1.54) is 0 Å². The fourth-order valence-corrected chi connectivity index (χ4v) is 4.79. The highest BCUT2D eigenvalue weighted by atomic mass is 16.3. The smallest absolute Gasteiger partial charge is 0.230 e. The Hall–Kier alpha value is -3.60. The third-order valence-electron chi connectivity index (χ3n) is 6.30. The number of allylic oxidation sites excluding steroid dienone is 1. The second-order valence-corrected chi connectivity index (χ2v) is 8.75. The van der Waals surface area contributed by atoms with Gasteiger partial charge in [0.1, 0.15) is 11.8 Å². The molecule has 2 unspecified atom stereocenters. The molecule has 2 heterocycles. The van der Waals surface area contributed by atoms with Gasteiger partial charge in [-0.2, -0.15) is 0 Å². The van der Waals surface area contributed by atoms with Crippen LogP contribution in [0.2, 0.25) is 0 Å². The number of anilines is 2. The number of rotatable bonds is 3. The Kier molecular flexibility index (Phi) is 5.17. The highest BCUT2D eigenvalue weighted by Gasteiger charge is 2.43. The lowest BCUT2D eigenvalue weighted by Crippen LogP contribution is -2.40. The molecule has 2 aliphatic rings. The van der Waals surface area contributed by atoms with Crippen molar-refractivity contribution in [3.05, 3.63) is 95.6 Å². The van der Waals surface area contributed by atoms with Crippen molar-refractivity contribution in [2.24, 2.45) is 5.92 Å². The summed E-state index contributed by atoms with van der Waals surface area (Å²) in [4.78, 5) is 28.9. The Morgan fingerprint density at radius 2 is 1.75 bits per heavy atom. The number of amides is 1. The normalized spacial score (nSPS) is 20.5. The van der Waals surface area contributed by atoms with E-state index in [0.29, 0.717) is 24.2 Å². The first-order valence-electron chi connectivity index (χ1n) is 11.1. The summed E-state index contributed by atoms with van der Waals surface area (Å²) in [5.74, 6) is 0.442. The fraction of sp³-hybridized carbons (Fsp3) is 0.259. The molecule has 2 atom stereocenters. The Morgan fingerprint density at radius 3 is 2.47 bits per heavy atom. The predicted octanol–water partition coefficient (Wildman–Crippen LogP) is 5.84. The van der Waals surface area contributed by atoms with E-state index in [1.54, 1.807) is 17.2 Å². The Balaban J connectivity index is 1.70. The molecule has 2 aromatic carbocycles. The molecule has 3 aromatic rings. The van der Waals surface area contributed by atoms with Crippen molar-refractivity contribution in [2.75, 3.05) is 10.2 Å². The van der Waals surface area contributed by atoms with Crippen LogP contribution in [0.1, 0.15) is 50.0 Å². The number of hydrogen-bond acceptors (Lipinski definition) is 4. The molecule has 1 N–H and O–H groups in total. The quantitative estimate of drug-likeness (QED) is 0.572. The van der Waals surface area contributed by atoms with Crippen molar-refractivity contribution in [2.45, 2.75) is 38.6 Å². The number of carbonyl (C=O) groups is 2. The largest absolute Gasteiger partial charge is 0.467 e. The van der Waals surface area contributed by atoms with Gasteiger partial charge in [0.15, 0.2) is 5.78 Å². The molecule has 1 amide bonds. The molecule has 0 saturated heterocycles. The van der Waals surface area contributed by atoms with Gasteiger partial charge in [0.2, 0.25) is 5.91 Å². The lowest BCUT2D eigenvalue weighted by Gasteiger charge is -2.34. The molecule has 32 heavy (non-hydrogen) atoms. The number of para-hydroxylation sites is 2. The van der Waals surface area contributed by atoms with Crippen LogP contribution in [0.25, 0.3) is 0 Å². The van der Waals surface area contributed by atoms with E-state index in [9.17, 15) is 9.59 Å². The molecule has 5 nitrogen and oxygen atoms in total. The number of carbonyl (C=O) groups excluding carboxylic acids is 2. The number of benzene rings is 2. The van der Waals surface area contributed by atoms with E-state index in [4.69, 9.17) is 4.42 Å². The number of hydrogen-bond donors (Lipinski definition) is 1. The summed E-state index contributed by atoms with van der Waals surface area (Å²) in [6.45, 7) is 3.76. The first-order chi connectivity index (χ1) is 15.5. The Labute approximate surface area is 187 Å². The van der Waals surface area contributed by atoms with Crippen LogP contribution in [-0.4, -0.2) is 11.7 Å². The van der Waals surface area contributed by atoms with E-state index < -0.39 is 6.04 Å². The summed E-state index contributed by atoms with van der Waals surface area (Å²) in [6, 6.07) is 20.9. The molecule has 0 radical (unpaired) electrons. The van der Waals surface area contributed by atoms with Gasteiger partial charge >= 0.3 is 0 Å². The van der Waals surface area contributed by atoms with Gasteiger partial charge in [-0.25, -0.2) is 0 Å². The van der Waals surface area contributed by atoms with E-state index in [-0.39, 0.29) is 23.5 Å². The second kappa shape index (κ2) is 8.15. The maximum absolute atomic E-state index is 13.7. The molecule has 5 rings (SSSR count). The number of Topliss-reactive ketones (excluding diaryl/α,β-unsaturated/α-hetero) is 1. The first-order valence-corrected chi connectivity index (χ1v) is 11.1. The molecule has 162 valence electrons. The average Bonchev–Trinajstić information content (AvgIpc) is 3.28. The maximum Gasteiger partial charge on any atom is 0.230 e. The van der Waals surface area contributed by atoms with E-state index >= 15 is 0 Å². The first kappa shape index (κ1) is 20.3. The van der Waals surface area contributed by atoms with Gasteiger partial charge in [0, 0.05) is 23.6 Å². The highest BCUT2D eigenvalue weighted by Crippen LogP contribution is 2.47. The number of fused-ring (bicyclic) bond motifs is 1. The predicted molar refractivity (Wildman–Crippen MR) is 124 cm³/mol. The molecule has 5 heteroatoms. The minimum absolute atomic E-state index is 0.0448. The lowest BCUT2D eigenvalue weighted by molar-refractivity contribution is -0.122. The molecule has 1 aromatic heterocycles. The lowest BCUT2D eigenvalue weighted by atomic mass is 9.79. The van der Waals surface area contributed by atoms with E-state index in [2.05, 4.69) is 17.4 Å². The second-order valence-electron chi connectivity index (χ2n) is 8.75. The van der Waals surface area contributed by atoms with Gasteiger partial charge in [-0.15, -0.1) is 0 Å². The van der Waals surface area contributed by atoms with Crippen molar-refractivity contribution < 1.29 is 14.0 Å². The van der Waals surface area contributed by atoms with Crippen LogP contribution in [-0.2, 0) is 9.59 Å². The van der Waals surface area contributed by atoms with Crippen molar-refractivity contribution in [1.29, 1.82) is 0 Å². The van der Waals surface area contributed by atoms with Gasteiger partial charge in [0.05, 0.1) is 17.6 Å². The molecule has 0 fully saturated rings. The third kappa shape index (κ3) is 3.44. The summed E-state index contributed by atoms with van der Waals surface area (Å²) in [7, 11) is 0. The van der Waals surface area contributed by atoms with Crippen LogP contribution in [0, 0.1) is 5.92 Å². The third-order valence-corrected chi connectivity index (χ3v) is 6.30. The molecule has 1 aliphatic carbocycles. The summed E-state index contributed by atoms with van der Waals surface area (Å²) in [5.41, 5.74) is 4.22. The number of nitrogens with one attached hydrogen (secondary N) is 1. The molecule has 1 aliphatic heterocycles. The number of furan rings is 1. The van der Waals surface area contributed by atoms with Crippen LogP contribution in [0.3, 0.4) is 0 Å². The molecule has 0 spiro atoms. The van der Waals surface area contributed by atoms with Gasteiger partial charge in [-0.1, -0.05) is 56.3 Å². The monoisotopic (exact) mass is 426 g/mol. The summed E-state index contributed by atoms with van der Waals surface area (Å²) in [5, 5.41) is 3.53. The minimum Gasteiger partial charge on any atom is -0.467 e. The van der Waals surface area contributed by atoms with Gasteiger partial charge in [0.25, 0.3) is 0 Å². The van der Waals surface area contributed by atoms with Gasteiger partial charge in [-0.05, 0) is 42.2 Å². The number of nitrogens with zero attached hydrogens (tertiary/aromatic N) is 1. The zero-order valence-corrected chi connectivity index (χ0v) is 18.2. The van der Waals surface area contributed by atoms with E-state index in [1.807, 2.05) is 62.4 Å². The van der Waals surface area contributed by atoms with Crippen molar-refractivity contribution >= 4 is 23.1 Å². The Morgan fingerprint density at radius 1 is 1.00 bits per heavy atom. The van der Waals surface area contributed by atoms with Crippen LogP contribution in [0.4, 0.5) is 11.4 Å². The number of ketones is 1. The zero-order valence-electron chi connectivity index (χ0n) is 18.2. The van der Waals surface area contributed by atoms with E-state index in [0.717, 1.165) is 22.6 Å². The zero-order chi connectivity index (χ0) is 22.2. The molecule has 0 saturated carbocycles. The Bertz CT molecular complexity index is 1180. The van der Waals surface area contributed by atoms with Crippen molar-refractivity contribution in [3.8, 4) is 0 Å². The summed E-state index contributed by atoms with van der Waals surface area (Å²) >= 11 is 0. The van der Waals surface area contributed by atoms with Crippen molar-refractivity contribution in [1.82, 2.24) is 0 Å². The topological polar surface area (TPSA) is 62.6 Å². The summed E-state index contributed by atoms with van der Waals surface area (Å²) < 4.78 is 5.80. The molecular weight excluding hydrogens is 400 g/mol. The average molecular weight is 427 g/mol. The van der Waals surface area contributed by atoms with Crippen LogP contribution in [0.5, 0.6) is 0 Å². The SMILES string of the molecule is CC(C)C(=O)N1c2ccccc2NC2=C(C(=O)CC(c3ccccc3)C2)C1c1ccco1. The van der Waals surface area contributed by atoms with Crippen LogP contribution >= 0.6 is 0 Å².